The van der Waals surface area contributed by atoms with E-state index in [1.165, 1.54) is 18.2 Å². The summed E-state index contributed by atoms with van der Waals surface area (Å²) in [5, 5.41) is 22.8. The highest BCUT2D eigenvalue weighted by atomic mass is 16.6. The Morgan fingerprint density at radius 2 is 1.68 bits per heavy atom. The highest BCUT2D eigenvalue weighted by Crippen LogP contribution is 2.16. The molecule has 3 rings (SSSR count). The molecule has 0 saturated heterocycles. The second-order valence-corrected chi connectivity index (χ2v) is 6.79. The molecule has 0 unspecified atom stereocenters. The smallest absolute Gasteiger partial charge is 0.326 e. The zero-order valence-corrected chi connectivity index (χ0v) is 16.4. The van der Waals surface area contributed by atoms with Crippen LogP contribution >= 0.6 is 0 Å². The van der Waals surface area contributed by atoms with Gasteiger partial charge in [-0.15, -0.1) is 0 Å². The monoisotopic (exact) mass is 420 g/mol. The molecule has 0 aromatic heterocycles. The van der Waals surface area contributed by atoms with Gasteiger partial charge in [-0.1, -0.05) is 48.5 Å². The third kappa shape index (κ3) is 6.14. The van der Waals surface area contributed by atoms with E-state index in [0.29, 0.717) is 17.9 Å². The summed E-state index contributed by atoms with van der Waals surface area (Å²) in [5.41, 5.74) is 1.50. The number of nitrogens with one attached hydrogen (secondary N) is 1. The SMILES string of the molecule is O=C(N[C@H](Cc1ccc(OCc2ccccc2)cc1)C(=O)O)c1cccc([N+](=O)[O-])c1. The summed E-state index contributed by atoms with van der Waals surface area (Å²) in [6, 6.07) is 20.6. The van der Waals surface area contributed by atoms with E-state index in [-0.39, 0.29) is 17.7 Å². The normalized spacial score (nSPS) is 11.4. The number of amides is 1. The van der Waals surface area contributed by atoms with Crippen LogP contribution in [0.25, 0.3) is 0 Å². The second kappa shape index (κ2) is 10.0. The first-order valence-corrected chi connectivity index (χ1v) is 9.46. The lowest BCUT2D eigenvalue weighted by Crippen LogP contribution is -2.42. The lowest BCUT2D eigenvalue weighted by atomic mass is 10.0. The number of non-ortho nitro benzene ring substituents is 1. The van der Waals surface area contributed by atoms with Crippen LogP contribution in [0.3, 0.4) is 0 Å². The maximum atomic E-state index is 12.4. The van der Waals surface area contributed by atoms with E-state index in [0.717, 1.165) is 11.6 Å². The number of hydrogen-bond acceptors (Lipinski definition) is 5. The van der Waals surface area contributed by atoms with E-state index in [1.54, 1.807) is 24.3 Å². The van der Waals surface area contributed by atoms with E-state index in [2.05, 4.69) is 5.32 Å². The minimum atomic E-state index is -1.21. The Labute approximate surface area is 178 Å². The van der Waals surface area contributed by atoms with Crippen molar-refractivity contribution in [3.8, 4) is 5.75 Å². The van der Waals surface area contributed by atoms with Gasteiger partial charge in [0, 0.05) is 24.1 Å². The lowest BCUT2D eigenvalue weighted by molar-refractivity contribution is -0.384. The number of hydrogen-bond donors (Lipinski definition) is 2. The highest BCUT2D eigenvalue weighted by molar-refractivity contribution is 5.97. The summed E-state index contributed by atoms with van der Waals surface area (Å²) in [7, 11) is 0. The molecule has 8 heteroatoms. The highest BCUT2D eigenvalue weighted by Gasteiger charge is 2.22. The van der Waals surface area contributed by atoms with Gasteiger partial charge >= 0.3 is 5.97 Å². The molecule has 0 bridgehead atoms. The second-order valence-electron chi connectivity index (χ2n) is 6.79. The van der Waals surface area contributed by atoms with Crippen LogP contribution in [0.4, 0.5) is 5.69 Å². The van der Waals surface area contributed by atoms with Crippen molar-refractivity contribution in [1.29, 1.82) is 0 Å². The van der Waals surface area contributed by atoms with Crippen molar-refractivity contribution in [2.45, 2.75) is 19.1 Å². The maximum absolute atomic E-state index is 12.4. The van der Waals surface area contributed by atoms with E-state index in [9.17, 15) is 24.8 Å². The molecule has 0 aliphatic heterocycles. The summed E-state index contributed by atoms with van der Waals surface area (Å²) < 4.78 is 5.71. The van der Waals surface area contributed by atoms with Gasteiger partial charge in [0.1, 0.15) is 18.4 Å². The molecular formula is C23H20N2O6. The number of nitrogens with zero attached hydrogens (tertiary/aromatic N) is 1. The van der Waals surface area contributed by atoms with Crippen molar-refractivity contribution in [3.05, 3.63) is 106 Å². The average molecular weight is 420 g/mol. The van der Waals surface area contributed by atoms with Gasteiger partial charge in [0.15, 0.2) is 0 Å². The third-order valence-corrected chi connectivity index (χ3v) is 4.53. The molecular weight excluding hydrogens is 400 g/mol. The summed E-state index contributed by atoms with van der Waals surface area (Å²) >= 11 is 0. The van der Waals surface area contributed by atoms with Crippen LogP contribution in [-0.2, 0) is 17.8 Å². The van der Waals surface area contributed by atoms with Crippen LogP contribution in [-0.4, -0.2) is 27.9 Å². The third-order valence-electron chi connectivity index (χ3n) is 4.53. The Kier molecular flexibility index (Phi) is 6.95. The molecule has 1 amide bonds. The quantitative estimate of drug-likeness (QED) is 0.403. The first-order chi connectivity index (χ1) is 14.9. The van der Waals surface area contributed by atoms with E-state index < -0.39 is 22.8 Å². The molecule has 3 aromatic rings. The number of benzene rings is 3. The van der Waals surface area contributed by atoms with Crippen LogP contribution < -0.4 is 10.1 Å². The number of nitro benzene ring substituents is 1. The number of nitro groups is 1. The van der Waals surface area contributed by atoms with Crippen molar-refractivity contribution < 1.29 is 24.4 Å². The van der Waals surface area contributed by atoms with Gasteiger partial charge < -0.3 is 15.2 Å². The number of carbonyl (C=O) groups is 2. The van der Waals surface area contributed by atoms with Crippen LogP contribution in [0.5, 0.6) is 5.75 Å². The lowest BCUT2D eigenvalue weighted by Gasteiger charge is -2.15. The Bertz CT molecular complexity index is 1070. The van der Waals surface area contributed by atoms with Crippen LogP contribution in [0.1, 0.15) is 21.5 Å². The van der Waals surface area contributed by atoms with Gasteiger partial charge in [-0.2, -0.15) is 0 Å². The molecule has 8 nitrogen and oxygen atoms in total. The van der Waals surface area contributed by atoms with E-state index >= 15 is 0 Å². The van der Waals surface area contributed by atoms with Crippen LogP contribution in [0.15, 0.2) is 78.9 Å². The predicted octanol–water partition coefficient (Wildman–Crippen LogP) is 3.60. The fraction of sp³-hybridized carbons (Fsp3) is 0.130. The number of carboxylic acid groups (broad SMARTS) is 1. The van der Waals surface area contributed by atoms with Crippen LogP contribution in [0.2, 0.25) is 0 Å². The van der Waals surface area contributed by atoms with E-state index in [4.69, 9.17) is 4.74 Å². The molecule has 3 aromatic carbocycles. The number of rotatable bonds is 9. The molecule has 0 heterocycles. The minimum Gasteiger partial charge on any atom is -0.489 e. The van der Waals surface area contributed by atoms with Gasteiger partial charge in [0.05, 0.1) is 4.92 Å². The molecule has 0 aliphatic rings. The number of carbonyl (C=O) groups excluding carboxylic acids is 1. The minimum absolute atomic E-state index is 0.0186. The molecule has 0 saturated carbocycles. The molecule has 0 spiro atoms. The molecule has 0 aliphatic carbocycles. The summed E-state index contributed by atoms with van der Waals surface area (Å²) in [6.45, 7) is 0.414. The van der Waals surface area contributed by atoms with Crippen molar-refractivity contribution in [1.82, 2.24) is 5.32 Å². The molecule has 1 atom stereocenters. The Morgan fingerprint density at radius 3 is 2.32 bits per heavy atom. The average Bonchev–Trinajstić information content (AvgIpc) is 2.78. The van der Waals surface area contributed by atoms with Gasteiger partial charge in [0.2, 0.25) is 0 Å². The van der Waals surface area contributed by atoms with Crippen LogP contribution in [0, 0.1) is 10.1 Å². The molecule has 31 heavy (non-hydrogen) atoms. The van der Waals surface area contributed by atoms with Gasteiger partial charge in [-0.05, 0) is 29.3 Å². The Hall–Kier alpha value is -4.20. The standard InChI is InChI=1S/C23H20N2O6/c26-22(18-7-4-8-19(14-18)25(29)30)24-21(23(27)28)13-16-9-11-20(12-10-16)31-15-17-5-2-1-3-6-17/h1-12,14,21H,13,15H2,(H,24,26)(H,27,28)/t21-/m1/s1. The topological polar surface area (TPSA) is 119 Å². The largest absolute Gasteiger partial charge is 0.489 e. The van der Waals surface area contributed by atoms with Crippen molar-refractivity contribution >= 4 is 17.6 Å². The number of carboxylic acids is 1. The van der Waals surface area contributed by atoms with Crippen molar-refractivity contribution in [2.24, 2.45) is 0 Å². The van der Waals surface area contributed by atoms with Gasteiger partial charge in [0.25, 0.3) is 11.6 Å². The van der Waals surface area contributed by atoms with Crippen molar-refractivity contribution in [2.75, 3.05) is 0 Å². The summed E-state index contributed by atoms with van der Waals surface area (Å²) in [6.07, 6.45) is 0.0506. The Balaban J connectivity index is 1.62. The molecule has 0 fully saturated rings. The van der Waals surface area contributed by atoms with E-state index in [1.807, 2.05) is 30.3 Å². The fourth-order valence-electron chi connectivity index (χ4n) is 2.90. The van der Waals surface area contributed by atoms with Gasteiger partial charge in [-0.25, -0.2) is 4.79 Å². The summed E-state index contributed by atoms with van der Waals surface area (Å²) in [4.78, 5) is 34.3. The first-order valence-electron chi connectivity index (χ1n) is 9.46. The number of aliphatic carboxylic acids is 1. The Morgan fingerprint density at radius 1 is 0.968 bits per heavy atom. The maximum Gasteiger partial charge on any atom is 0.326 e. The van der Waals surface area contributed by atoms with Gasteiger partial charge in [-0.3, -0.25) is 14.9 Å². The zero-order chi connectivity index (χ0) is 22.2. The fourth-order valence-corrected chi connectivity index (χ4v) is 2.90. The zero-order valence-electron chi connectivity index (χ0n) is 16.4. The first kappa shape index (κ1) is 21.5. The summed E-state index contributed by atoms with van der Waals surface area (Å²) in [5.74, 6) is -1.26. The molecule has 2 N–H and O–H groups in total. The molecule has 158 valence electrons. The van der Waals surface area contributed by atoms with Crippen molar-refractivity contribution in [3.63, 3.8) is 0 Å². The molecule has 0 radical (unpaired) electrons. The number of ether oxygens (including phenoxy) is 1. The predicted molar refractivity (Wildman–Crippen MR) is 113 cm³/mol.